The Hall–Kier alpha value is -0.660. The Morgan fingerprint density at radius 1 is 0.719 bits per heavy atom. The summed E-state index contributed by atoms with van der Waals surface area (Å²) in [5, 5.41) is 0. The predicted molar refractivity (Wildman–Crippen MR) is 130 cm³/mol. The molecule has 0 bridgehead atoms. The largest absolute Gasteiger partial charge is 0.303 e. The van der Waals surface area contributed by atoms with Crippen molar-refractivity contribution in [3.63, 3.8) is 0 Å². The fraction of sp³-hybridized carbons (Fsp3) is 0.933. The average molecular weight is 441 g/mol. The maximum absolute atomic E-state index is 12.8. The van der Waals surface area contributed by atoms with Crippen LogP contribution in [0.15, 0.2) is 0 Å². The number of ketones is 1. The van der Waals surface area contributed by atoms with E-state index in [1.54, 1.807) is 0 Å². The van der Waals surface area contributed by atoms with Gasteiger partial charge in [-0.15, -0.1) is 0 Å². The second kappa shape index (κ2) is 6.72. The smallest absolute Gasteiger partial charge is 0.136 e. The minimum atomic E-state index is -0.126. The van der Waals surface area contributed by atoms with Crippen LogP contribution < -0.4 is 0 Å². The molecular formula is C30H48O2. The molecular weight excluding hydrogens is 392 g/mol. The topological polar surface area (TPSA) is 34.1 Å². The maximum atomic E-state index is 12.8. The molecule has 5 saturated carbocycles. The third-order valence-electron chi connectivity index (χ3n) is 14.1. The second-order valence-corrected chi connectivity index (χ2v) is 14.8. The lowest BCUT2D eigenvalue weighted by Crippen LogP contribution is -2.67. The van der Waals surface area contributed by atoms with Crippen molar-refractivity contribution in [3.05, 3.63) is 0 Å². The first-order chi connectivity index (χ1) is 14.8. The van der Waals surface area contributed by atoms with Crippen LogP contribution in [0.1, 0.15) is 119 Å². The fourth-order valence-corrected chi connectivity index (χ4v) is 10.9. The van der Waals surface area contributed by atoms with Crippen LogP contribution in [0.5, 0.6) is 0 Å². The van der Waals surface area contributed by atoms with E-state index >= 15 is 0 Å². The quantitative estimate of drug-likeness (QED) is 0.393. The van der Waals surface area contributed by atoms with E-state index in [1.165, 1.54) is 51.2 Å². The summed E-state index contributed by atoms with van der Waals surface area (Å²) < 4.78 is 0. The van der Waals surface area contributed by atoms with E-state index in [9.17, 15) is 9.59 Å². The Bertz CT molecular complexity index is 833. The maximum Gasteiger partial charge on any atom is 0.136 e. The van der Waals surface area contributed by atoms with Gasteiger partial charge in [-0.05, 0) is 109 Å². The molecule has 2 nitrogen and oxygen atoms in total. The summed E-state index contributed by atoms with van der Waals surface area (Å²) in [7, 11) is 0. The lowest BCUT2D eigenvalue weighted by atomic mass is 9.31. The molecule has 0 saturated heterocycles. The van der Waals surface area contributed by atoms with Crippen LogP contribution in [0, 0.1) is 56.2 Å². The molecule has 0 N–H and O–H groups in total. The molecule has 2 heteroatoms. The minimum Gasteiger partial charge on any atom is -0.303 e. The number of carbonyl (C=O) groups is 2. The summed E-state index contributed by atoms with van der Waals surface area (Å²) in [6.07, 6.45) is 14.4. The van der Waals surface area contributed by atoms with Crippen molar-refractivity contribution < 1.29 is 9.59 Å². The number of Topliss-reactive ketones (excluding diaryl/α,β-unsaturated/α-hetero) is 1. The van der Waals surface area contributed by atoms with Crippen LogP contribution in [0.25, 0.3) is 0 Å². The summed E-state index contributed by atoms with van der Waals surface area (Å²) in [6.45, 7) is 17.4. The molecule has 180 valence electrons. The number of aldehydes is 1. The zero-order chi connectivity index (χ0) is 23.4. The first-order valence-electron chi connectivity index (χ1n) is 13.8. The van der Waals surface area contributed by atoms with Crippen LogP contribution in [0.3, 0.4) is 0 Å². The summed E-state index contributed by atoms with van der Waals surface area (Å²) in [6, 6.07) is 0. The summed E-state index contributed by atoms with van der Waals surface area (Å²) >= 11 is 0. The second-order valence-electron chi connectivity index (χ2n) is 14.8. The zero-order valence-corrected chi connectivity index (χ0v) is 22.0. The van der Waals surface area contributed by atoms with Gasteiger partial charge < -0.3 is 4.79 Å². The van der Waals surface area contributed by atoms with Crippen molar-refractivity contribution in [1.82, 2.24) is 0 Å². The lowest BCUT2D eigenvalue weighted by molar-refractivity contribution is -0.247. The first kappa shape index (κ1) is 23.1. The highest BCUT2D eigenvalue weighted by Crippen LogP contribution is 2.77. The molecule has 0 heterocycles. The van der Waals surface area contributed by atoms with E-state index in [1.807, 2.05) is 0 Å². The molecule has 10 unspecified atom stereocenters. The van der Waals surface area contributed by atoms with Crippen molar-refractivity contribution in [2.45, 2.75) is 119 Å². The van der Waals surface area contributed by atoms with Gasteiger partial charge in [0, 0.05) is 17.8 Å². The fourth-order valence-electron chi connectivity index (χ4n) is 10.9. The van der Waals surface area contributed by atoms with Crippen LogP contribution in [0.4, 0.5) is 0 Å². The molecule has 0 aromatic carbocycles. The summed E-state index contributed by atoms with van der Waals surface area (Å²) in [4.78, 5) is 24.8. The standard InChI is InChI=1S/C30H48O2/c1-20-23(32)10-13-28(5)21-9-12-30(7)24-18-25(2,19-31)14-15-26(24,3)16-17-29(30,6)22(21)8-11-27(20,28)4/h19-22,24H,8-18H2,1-7H3. The van der Waals surface area contributed by atoms with Crippen molar-refractivity contribution >= 4 is 12.1 Å². The summed E-state index contributed by atoms with van der Waals surface area (Å²) in [5.74, 6) is 2.91. The van der Waals surface area contributed by atoms with Gasteiger partial charge in [-0.3, -0.25) is 4.79 Å². The molecule has 5 aliphatic carbocycles. The summed E-state index contributed by atoms with van der Waals surface area (Å²) in [5.41, 5.74) is 1.42. The Balaban J connectivity index is 1.54. The van der Waals surface area contributed by atoms with Crippen LogP contribution in [-0.4, -0.2) is 12.1 Å². The van der Waals surface area contributed by atoms with E-state index in [4.69, 9.17) is 0 Å². The molecule has 0 amide bonds. The highest BCUT2D eigenvalue weighted by Gasteiger charge is 2.70. The number of hydrogen-bond donors (Lipinski definition) is 0. The number of fused-ring (bicyclic) bond motifs is 7. The third-order valence-corrected chi connectivity index (χ3v) is 14.1. The molecule has 0 aromatic heterocycles. The van der Waals surface area contributed by atoms with Gasteiger partial charge in [-0.1, -0.05) is 48.5 Å². The Kier molecular flexibility index (Phi) is 4.85. The molecule has 5 rings (SSSR count). The van der Waals surface area contributed by atoms with Crippen LogP contribution in [0.2, 0.25) is 0 Å². The van der Waals surface area contributed by atoms with Gasteiger partial charge >= 0.3 is 0 Å². The predicted octanol–water partition coefficient (Wildman–Crippen LogP) is 7.64. The zero-order valence-electron chi connectivity index (χ0n) is 22.0. The Morgan fingerprint density at radius 3 is 1.91 bits per heavy atom. The van der Waals surface area contributed by atoms with Crippen molar-refractivity contribution in [1.29, 1.82) is 0 Å². The van der Waals surface area contributed by atoms with Gasteiger partial charge in [0.1, 0.15) is 12.1 Å². The molecule has 5 aliphatic rings. The monoisotopic (exact) mass is 440 g/mol. The van der Waals surface area contributed by atoms with Gasteiger partial charge in [0.15, 0.2) is 0 Å². The number of rotatable bonds is 1. The van der Waals surface area contributed by atoms with Crippen molar-refractivity contribution in [3.8, 4) is 0 Å². The normalized spacial score (nSPS) is 59.9. The van der Waals surface area contributed by atoms with E-state index in [0.29, 0.717) is 27.9 Å². The van der Waals surface area contributed by atoms with Crippen molar-refractivity contribution in [2.24, 2.45) is 56.2 Å². The van der Waals surface area contributed by atoms with Crippen molar-refractivity contribution in [2.75, 3.05) is 0 Å². The lowest BCUT2D eigenvalue weighted by Gasteiger charge is -2.74. The van der Waals surface area contributed by atoms with Gasteiger partial charge in [-0.25, -0.2) is 0 Å². The van der Waals surface area contributed by atoms with Gasteiger partial charge in [0.25, 0.3) is 0 Å². The van der Waals surface area contributed by atoms with E-state index in [0.717, 1.165) is 37.5 Å². The number of carbonyl (C=O) groups excluding carboxylic acids is 2. The molecule has 0 spiro atoms. The molecule has 0 radical (unpaired) electrons. The highest BCUT2D eigenvalue weighted by molar-refractivity contribution is 5.82. The molecule has 32 heavy (non-hydrogen) atoms. The van der Waals surface area contributed by atoms with Gasteiger partial charge in [0.2, 0.25) is 0 Å². The number of hydrogen-bond acceptors (Lipinski definition) is 2. The SMILES string of the molecule is CC1C(=O)CCC2(C)C3CCC4(C)C5CC(C)(C=O)CCC5(C)CCC4(C)C3CCC12C. The molecule has 10 atom stereocenters. The molecule has 5 fully saturated rings. The Morgan fingerprint density at radius 2 is 1.28 bits per heavy atom. The van der Waals surface area contributed by atoms with Crippen LogP contribution >= 0.6 is 0 Å². The molecule has 0 aliphatic heterocycles. The third kappa shape index (κ3) is 2.59. The van der Waals surface area contributed by atoms with Crippen LogP contribution in [-0.2, 0) is 9.59 Å². The molecule has 0 aromatic rings. The highest BCUT2D eigenvalue weighted by atomic mass is 16.1. The van der Waals surface area contributed by atoms with E-state index in [-0.39, 0.29) is 22.2 Å². The van der Waals surface area contributed by atoms with Gasteiger partial charge in [0.05, 0.1) is 0 Å². The minimum absolute atomic E-state index is 0.126. The Labute approximate surface area is 197 Å². The van der Waals surface area contributed by atoms with Gasteiger partial charge in [-0.2, -0.15) is 0 Å². The van der Waals surface area contributed by atoms with E-state index < -0.39 is 0 Å². The van der Waals surface area contributed by atoms with E-state index in [2.05, 4.69) is 48.5 Å². The first-order valence-corrected chi connectivity index (χ1v) is 13.8. The average Bonchev–Trinajstić information content (AvgIpc) is 2.76.